The number of nitrogens with two attached hydrogens (primary N) is 1. The first-order chi connectivity index (χ1) is 4.31. The number of hydrogen-bond acceptors (Lipinski definition) is 4. The van der Waals surface area contributed by atoms with Crippen LogP contribution in [0.1, 0.15) is 0 Å². The highest BCUT2D eigenvalue weighted by molar-refractivity contribution is 4.90. The molecule has 9 heavy (non-hydrogen) atoms. The predicted molar refractivity (Wildman–Crippen MR) is 28.6 cm³/mol. The molecule has 0 aromatic rings. The Kier molecular flexibility index (Phi) is 1.04. The first kappa shape index (κ1) is 5.61. The van der Waals surface area contributed by atoms with Crippen LogP contribution in [-0.4, -0.2) is 31.8 Å². The van der Waals surface area contributed by atoms with Crippen LogP contribution in [0.2, 0.25) is 0 Å². The van der Waals surface area contributed by atoms with E-state index in [0.29, 0.717) is 20.0 Å². The number of rotatable bonds is 0. The molecule has 2 N–H and O–H groups in total. The normalized spacial score (nSPS) is 49.7. The molecule has 0 amide bonds. The smallest absolute Gasteiger partial charge is 0.171 e. The van der Waals surface area contributed by atoms with Crippen LogP contribution in [0, 0.1) is 0 Å². The molecule has 2 unspecified atom stereocenters. The Morgan fingerprint density at radius 3 is 3.22 bits per heavy atom. The van der Waals surface area contributed by atoms with Crippen LogP contribution in [0.5, 0.6) is 0 Å². The third-order valence-corrected chi connectivity index (χ3v) is 1.74. The highest BCUT2D eigenvalue weighted by atomic mass is 16.8. The molecule has 2 aliphatic rings. The Hall–Kier alpha value is -0.160. The number of fused-ring (bicyclic) bond motifs is 1. The minimum absolute atomic E-state index is 0.0440. The van der Waals surface area contributed by atoms with Crippen molar-refractivity contribution in [1.29, 1.82) is 0 Å². The second-order valence-corrected chi connectivity index (χ2v) is 2.39. The van der Waals surface area contributed by atoms with Crippen molar-refractivity contribution in [2.75, 3.05) is 20.0 Å². The monoisotopic (exact) mass is 131 g/mol. The van der Waals surface area contributed by atoms with Gasteiger partial charge in [-0.15, -0.1) is 0 Å². The van der Waals surface area contributed by atoms with Crippen molar-refractivity contribution in [2.24, 2.45) is 5.73 Å². The molecule has 2 aliphatic heterocycles. The van der Waals surface area contributed by atoms with Crippen LogP contribution in [0.15, 0.2) is 0 Å². The SMILES string of the molecule is NC12COCC1OCO2. The van der Waals surface area contributed by atoms with Crippen molar-refractivity contribution in [2.45, 2.75) is 11.8 Å². The molecular formula is C5H9NO3. The summed E-state index contributed by atoms with van der Waals surface area (Å²) in [6.07, 6.45) is -0.0440. The number of hydrogen-bond donors (Lipinski definition) is 1. The van der Waals surface area contributed by atoms with Gasteiger partial charge in [-0.3, -0.25) is 5.73 Å². The van der Waals surface area contributed by atoms with Crippen LogP contribution in [0.25, 0.3) is 0 Å². The minimum atomic E-state index is -0.639. The average Bonchev–Trinajstić information content (AvgIpc) is 2.22. The van der Waals surface area contributed by atoms with Crippen LogP contribution in [-0.2, 0) is 14.2 Å². The molecule has 2 atom stereocenters. The lowest BCUT2D eigenvalue weighted by atomic mass is 10.2. The molecule has 52 valence electrons. The van der Waals surface area contributed by atoms with Gasteiger partial charge in [0.25, 0.3) is 0 Å². The molecule has 4 heteroatoms. The van der Waals surface area contributed by atoms with Crippen molar-refractivity contribution >= 4 is 0 Å². The highest BCUT2D eigenvalue weighted by Gasteiger charge is 2.47. The molecule has 0 spiro atoms. The van der Waals surface area contributed by atoms with Crippen molar-refractivity contribution in [3.05, 3.63) is 0 Å². The van der Waals surface area contributed by atoms with E-state index in [2.05, 4.69) is 0 Å². The van der Waals surface area contributed by atoms with Gasteiger partial charge in [0, 0.05) is 0 Å². The fourth-order valence-electron chi connectivity index (χ4n) is 1.11. The largest absolute Gasteiger partial charge is 0.374 e. The first-order valence-corrected chi connectivity index (χ1v) is 2.93. The Bertz CT molecular complexity index is 117. The molecular weight excluding hydrogens is 122 g/mol. The molecule has 0 bridgehead atoms. The van der Waals surface area contributed by atoms with Gasteiger partial charge >= 0.3 is 0 Å². The summed E-state index contributed by atoms with van der Waals surface area (Å²) in [6, 6.07) is 0. The van der Waals surface area contributed by atoms with Gasteiger partial charge in [0.05, 0.1) is 13.2 Å². The third-order valence-electron chi connectivity index (χ3n) is 1.74. The van der Waals surface area contributed by atoms with Gasteiger partial charge in [-0.05, 0) is 0 Å². The molecule has 0 aromatic heterocycles. The van der Waals surface area contributed by atoms with Crippen molar-refractivity contribution in [1.82, 2.24) is 0 Å². The molecule has 0 aromatic carbocycles. The van der Waals surface area contributed by atoms with Gasteiger partial charge in [0.15, 0.2) is 5.72 Å². The van der Waals surface area contributed by atoms with Gasteiger partial charge in [-0.25, -0.2) is 0 Å². The molecule has 0 radical (unpaired) electrons. The summed E-state index contributed by atoms with van der Waals surface area (Å²) in [5, 5.41) is 0. The quantitative estimate of drug-likeness (QED) is 0.460. The molecule has 0 saturated carbocycles. The molecule has 2 fully saturated rings. The summed E-state index contributed by atoms with van der Waals surface area (Å²) >= 11 is 0. The standard InChI is InChI=1S/C5H9NO3/c6-5-2-7-1-4(5)8-3-9-5/h4H,1-3,6H2. The maximum absolute atomic E-state index is 5.69. The number of ether oxygens (including phenoxy) is 3. The van der Waals surface area contributed by atoms with E-state index in [1.807, 2.05) is 0 Å². The Morgan fingerprint density at radius 1 is 1.56 bits per heavy atom. The lowest BCUT2D eigenvalue weighted by Crippen LogP contribution is -2.48. The van der Waals surface area contributed by atoms with Gasteiger partial charge in [-0.1, -0.05) is 0 Å². The van der Waals surface area contributed by atoms with Crippen molar-refractivity contribution < 1.29 is 14.2 Å². The van der Waals surface area contributed by atoms with E-state index < -0.39 is 5.72 Å². The van der Waals surface area contributed by atoms with E-state index >= 15 is 0 Å². The lowest BCUT2D eigenvalue weighted by molar-refractivity contribution is -0.0416. The fraction of sp³-hybridized carbons (Fsp3) is 1.00. The summed E-state index contributed by atoms with van der Waals surface area (Å²) in [4.78, 5) is 0. The van der Waals surface area contributed by atoms with E-state index in [1.54, 1.807) is 0 Å². The summed E-state index contributed by atoms with van der Waals surface area (Å²) in [7, 11) is 0. The van der Waals surface area contributed by atoms with Gasteiger partial charge in [-0.2, -0.15) is 0 Å². The van der Waals surface area contributed by atoms with E-state index in [1.165, 1.54) is 0 Å². The topological polar surface area (TPSA) is 53.7 Å². The van der Waals surface area contributed by atoms with E-state index in [0.717, 1.165) is 0 Å². The molecule has 0 aliphatic carbocycles. The fourth-order valence-corrected chi connectivity index (χ4v) is 1.11. The van der Waals surface area contributed by atoms with Crippen molar-refractivity contribution in [3.8, 4) is 0 Å². The molecule has 4 nitrogen and oxygen atoms in total. The Balaban J connectivity index is 2.17. The van der Waals surface area contributed by atoms with E-state index in [4.69, 9.17) is 19.9 Å². The minimum Gasteiger partial charge on any atom is -0.374 e. The highest BCUT2D eigenvalue weighted by Crippen LogP contribution is 2.26. The second-order valence-electron chi connectivity index (χ2n) is 2.39. The second kappa shape index (κ2) is 1.67. The molecule has 2 heterocycles. The Labute approximate surface area is 52.9 Å². The van der Waals surface area contributed by atoms with Gasteiger partial charge < -0.3 is 14.2 Å². The first-order valence-electron chi connectivity index (χ1n) is 2.93. The zero-order valence-corrected chi connectivity index (χ0v) is 5.00. The Morgan fingerprint density at radius 2 is 2.44 bits per heavy atom. The average molecular weight is 131 g/mol. The van der Waals surface area contributed by atoms with Crippen LogP contribution in [0.3, 0.4) is 0 Å². The maximum Gasteiger partial charge on any atom is 0.171 e. The van der Waals surface area contributed by atoms with E-state index in [-0.39, 0.29) is 6.10 Å². The third kappa shape index (κ3) is 0.679. The van der Waals surface area contributed by atoms with Crippen molar-refractivity contribution in [3.63, 3.8) is 0 Å². The zero-order chi connectivity index (χ0) is 6.32. The lowest BCUT2D eigenvalue weighted by Gasteiger charge is -2.16. The molecule has 2 saturated heterocycles. The summed E-state index contributed by atoms with van der Waals surface area (Å²) in [6.45, 7) is 1.33. The van der Waals surface area contributed by atoms with Crippen LogP contribution >= 0.6 is 0 Å². The molecule has 2 rings (SSSR count). The van der Waals surface area contributed by atoms with E-state index in [9.17, 15) is 0 Å². The van der Waals surface area contributed by atoms with Crippen LogP contribution in [0.4, 0.5) is 0 Å². The maximum atomic E-state index is 5.69. The zero-order valence-electron chi connectivity index (χ0n) is 5.00. The van der Waals surface area contributed by atoms with Crippen LogP contribution < -0.4 is 5.73 Å². The van der Waals surface area contributed by atoms with Gasteiger partial charge in [0.1, 0.15) is 12.9 Å². The summed E-state index contributed by atoms with van der Waals surface area (Å²) in [5.41, 5.74) is 5.05. The summed E-state index contributed by atoms with van der Waals surface area (Å²) in [5.74, 6) is 0. The predicted octanol–water partition coefficient (Wildman–Crippen LogP) is -0.956. The van der Waals surface area contributed by atoms with Gasteiger partial charge in [0.2, 0.25) is 0 Å². The summed E-state index contributed by atoms with van der Waals surface area (Å²) < 4.78 is 15.2.